The number of unbranched alkanes of at least 4 members (excludes halogenated alkanes) is 5. The SMILES string of the molecule is COc1ccc(NC(=O)[C@H](CCCCN)NC(=O)c2cc(NC(=O)[C@H](CCCCCN)NC(=O)c3cc(NC(=O)[C@H](CCCCN)NC(=O)c4ccc(NC(=O)[C@@H](N)CCCCN)cc4)ccc3OC)ccc2OC)cc1C(N)=O. The van der Waals surface area contributed by atoms with Crippen molar-refractivity contribution in [1.82, 2.24) is 16.0 Å². The van der Waals surface area contributed by atoms with E-state index in [1.807, 2.05) is 0 Å². The summed E-state index contributed by atoms with van der Waals surface area (Å²) in [5, 5.41) is 19.4. The number of benzene rings is 4. The van der Waals surface area contributed by atoms with E-state index in [9.17, 15) is 38.4 Å². The van der Waals surface area contributed by atoms with Crippen molar-refractivity contribution in [1.29, 1.82) is 0 Å². The number of hydrogen-bond acceptors (Lipinski definition) is 16. The molecule has 4 rings (SSSR count). The van der Waals surface area contributed by atoms with E-state index < -0.39 is 65.5 Å². The molecule has 0 fully saturated rings. The van der Waals surface area contributed by atoms with Crippen LogP contribution in [0.15, 0.2) is 78.9 Å². The van der Waals surface area contributed by atoms with Crippen LogP contribution in [0.5, 0.6) is 17.2 Å². The van der Waals surface area contributed by atoms with E-state index in [4.69, 9.17) is 48.6 Å². The van der Waals surface area contributed by atoms with E-state index >= 15 is 0 Å². The second-order valence-corrected chi connectivity index (χ2v) is 18.8. The number of ether oxygens (including phenoxy) is 3. The minimum absolute atomic E-state index is 0.0220. The van der Waals surface area contributed by atoms with Crippen LogP contribution in [0.4, 0.5) is 22.7 Å². The van der Waals surface area contributed by atoms with Gasteiger partial charge in [-0.05, 0) is 169 Å². The van der Waals surface area contributed by atoms with Crippen molar-refractivity contribution < 1.29 is 52.6 Å². The molecular formula is C56H79N13O11. The molecule has 8 amide bonds. The number of rotatable bonds is 35. The minimum atomic E-state index is -1.14. The van der Waals surface area contributed by atoms with Gasteiger partial charge in [0, 0.05) is 28.3 Å². The highest BCUT2D eigenvalue weighted by Crippen LogP contribution is 2.27. The van der Waals surface area contributed by atoms with Crippen LogP contribution in [-0.4, -0.2) is 119 Å². The van der Waals surface area contributed by atoms with E-state index in [-0.39, 0.29) is 81.7 Å². The Morgan fingerprint density at radius 2 is 0.725 bits per heavy atom. The zero-order chi connectivity index (χ0) is 58.6. The van der Waals surface area contributed by atoms with Crippen molar-refractivity contribution in [2.24, 2.45) is 34.4 Å². The van der Waals surface area contributed by atoms with Crippen molar-refractivity contribution in [3.8, 4) is 17.2 Å². The summed E-state index contributed by atoms with van der Waals surface area (Å²) in [7, 11) is 4.09. The second kappa shape index (κ2) is 34.0. The van der Waals surface area contributed by atoms with Gasteiger partial charge in [0.15, 0.2) is 0 Å². The summed E-state index contributed by atoms with van der Waals surface area (Å²) in [4.78, 5) is 108. The molecule has 0 spiro atoms. The quantitative estimate of drug-likeness (QED) is 0.0294. The van der Waals surface area contributed by atoms with Crippen molar-refractivity contribution in [2.75, 3.05) is 68.8 Å². The molecule has 0 bridgehead atoms. The number of nitrogens with two attached hydrogens (primary N) is 6. The zero-order valence-electron chi connectivity index (χ0n) is 45.8. The Kier molecular flexibility index (Phi) is 27.3. The molecule has 434 valence electrons. The van der Waals surface area contributed by atoms with E-state index in [1.54, 1.807) is 12.1 Å². The van der Waals surface area contributed by atoms with Gasteiger partial charge in [0.25, 0.3) is 23.6 Å². The number of hydrogen-bond donors (Lipinski definition) is 13. The maximum Gasteiger partial charge on any atom is 0.255 e. The Hall–Kier alpha value is -8.16. The Labute approximate surface area is 466 Å². The predicted molar refractivity (Wildman–Crippen MR) is 306 cm³/mol. The number of anilines is 4. The minimum Gasteiger partial charge on any atom is -0.496 e. The standard InChI is InChI=1S/C56H79N13O11/c1-78-46-24-21-36(31-39(46)49(62)70)64-56(77)45(16-8-12-30-60)69-52(73)41-33-38(23-26-48(41)80-3)66-55(76)44(14-5-4-9-27-57)68-51(72)40-32-37(22-25-47(40)79-2)65-54(75)43(15-7-11-29-59)67-50(71)34-17-19-35(20-18-34)63-53(74)42(61)13-6-10-28-58/h17-26,31-33,42-45H,4-16,27-30,57-61H2,1-3H3,(H2,62,70)(H,63,74)(H,64,77)(H,65,75)(H,66,76)(H,67,71)(H,68,72)(H,69,73)/t42-,43-,44-,45-/m0/s1. The zero-order valence-corrected chi connectivity index (χ0v) is 45.8. The first-order chi connectivity index (χ1) is 38.5. The highest BCUT2D eigenvalue weighted by Gasteiger charge is 2.28. The van der Waals surface area contributed by atoms with Gasteiger partial charge in [-0.2, -0.15) is 0 Å². The number of nitrogens with one attached hydrogen (secondary N) is 7. The fraction of sp³-hybridized carbons (Fsp3) is 0.429. The number of primary amides is 1. The largest absolute Gasteiger partial charge is 0.496 e. The maximum absolute atomic E-state index is 14.2. The van der Waals surface area contributed by atoms with Gasteiger partial charge in [0.2, 0.25) is 23.6 Å². The van der Waals surface area contributed by atoms with Crippen LogP contribution in [0, 0.1) is 0 Å². The molecule has 19 N–H and O–H groups in total. The lowest BCUT2D eigenvalue weighted by molar-refractivity contribution is -0.118. The molecule has 0 unspecified atom stereocenters. The molecule has 4 aromatic rings. The summed E-state index contributed by atoms with van der Waals surface area (Å²) < 4.78 is 16.3. The monoisotopic (exact) mass is 1110 g/mol. The summed E-state index contributed by atoms with van der Waals surface area (Å²) in [6, 6.07) is 15.3. The molecule has 24 nitrogen and oxygen atoms in total. The van der Waals surface area contributed by atoms with Gasteiger partial charge in [-0.3, -0.25) is 38.4 Å². The molecule has 0 radical (unpaired) electrons. The third kappa shape index (κ3) is 20.3. The maximum atomic E-state index is 14.2. The van der Waals surface area contributed by atoms with Gasteiger partial charge < -0.3 is 85.8 Å². The van der Waals surface area contributed by atoms with E-state index in [2.05, 4.69) is 37.2 Å². The van der Waals surface area contributed by atoms with Crippen LogP contribution < -0.4 is 85.8 Å². The lowest BCUT2D eigenvalue weighted by atomic mass is 10.0. The topological polar surface area (TPSA) is 405 Å². The Bertz CT molecular complexity index is 2730. The van der Waals surface area contributed by atoms with E-state index in [1.165, 1.54) is 88.1 Å². The van der Waals surface area contributed by atoms with Crippen LogP contribution in [0.3, 0.4) is 0 Å². The average Bonchev–Trinajstić information content (AvgIpc) is 3.45. The Balaban J connectivity index is 1.52. The highest BCUT2D eigenvalue weighted by atomic mass is 16.5. The summed E-state index contributed by atoms with van der Waals surface area (Å²) >= 11 is 0. The lowest BCUT2D eigenvalue weighted by Crippen LogP contribution is -2.44. The summed E-state index contributed by atoms with van der Waals surface area (Å²) in [5.74, 6) is -4.45. The Morgan fingerprint density at radius 1 is 0.400 bits per heavy atom. The Morgan fingerprint density at radius 3 is 1.11 bits per heavy atom. The molecule has 0 aromatic heterocycles. The molecule has 4 aromatic carbocycles. The highest BCUT2D eigenvalue weighted by molar-refractivity contribution is 6.07. The van der Waals surface area contributed by atoms with Crippen molar-refractivity contribution in [3.63, 3.8) is 0 Å². The summed E-state index contributed by atoms with van der Waals surface area (Å²) in [6.45, 7) is 1.63. The van der Waals surface area contributed by atoms with Gasteiger partial charge in [-0.25, -0.2) is 0 Å². The first kappa shape index (κ1) is 64.4. The summed E-state index contributed by atoms with van der Waals surface area (Å²) in [5.41, 5.74) is 35.6. The lowest BCUT2D eigenvalue weighted by Gasteiger charge is -2.21. The molecule has 4 atom stereocenters. The van der Waals surface area contributed by atoms with Crippen LogP contribution in [-0.2, 0) is 19.2 Å². The van der Waals surface area contributed by atoms with E-state index in [0.717, 1.165) is 6.42 Å². The van der Waals surface area contributed by atoms with Crippen LogP contribution in [0.1, 0.15) is 125 Å². The molecule has 0 saturated heterocycles. The molecule has 0 aliphatic rings. The molecule has 0 aliphatic heterocycles. The van der Waals surface area contributed by atoms with Gasteiger partial charge in [0.05, 0.1) is 44.1 Å². The third-order valence-corrected chi connectivity index (χ3v) is 12.8. The number of carbonyl (C=O) groups excluding carboxylic acids is 8. The first-order valence-electron chi connectivity index (χ1n) is 26.7. The van der Waals surface area contributed by atoms with Crippen molar-refractivity contribution >= 4 is 70.0 Å². The van der Waals surface area contributed by atoms with Gasteiger partial charge in [-0.1, -0.05) is 19.3 Å². The van der Waals surface area contributed by atoms with Crippen molar-refractivity contribution in [3.05, 3.63) is 101 Å². The first-order valence-corrected chi connectivity index (χ1v) is 26.7. The normalized spacial score (nSPS) is 12.3. The number of carbonyl (C=O) groups is 8. The fourth-order valence-corrected chi connectivity index (χ4v) is 8.35. The number of methoxy groups -OCH3 is 3. The molecule has 0 saturated carbocycles. The van der Waals surface area contributed by atoms with Gasteiger partial charge in [-0.15, -0.1) is 0 Å². The van der Waals surface area contributed by atoms with Crippen LogP contribution >= 0.6 is 0 Å². The fourth-order valence-electron chi connectivity index (χ4n) is 8.35. The third-order valence-electron chi connectivity index (χ3n) is 12.8. The second-order valence-electron chi connectivity index (χ2n) is 18.8. The van der Waals surface area contributed by atoms with Crippen molar-refractivity contribution in [2.45, 2.75) is 108 Å². The van der Waals surface area contributed by atoms with Crippen LogP contribution in [0.25, 0.3) is 0 Å². The van der Waals surface area contributed by atoms with E-state index in [0.29, 0.717) is 89.7 Å². The number of amides is 8. The van der Waals surface area contributed by atoms with Gasteiger partial charge >= 0.3 is 0 Å². The van der Waals surface area contributed by atoms with Crippen LogP contribution in [0.2, 0.25) is 0 Å². The molecule has 0 heterocycles. The van der Waals surface area contributed by atoms with Gasteiger partial charge in [0.1, 0.15) is 35.4 Å². The molecule has 24 heteroatoms. The summed E-state index contributed by atoms with van der Waals surface area (Å²) in [6.07, 6.45) is 6.48. The molecule has 0 aliphatic carbocycles. The predicted octanol–water partition coefficient (Wildman–Crippen LogP) is 3.19. The molecule has 80 heavy (non-hydrogen) atoms. The smallest absolute Gasteiger partial charge is 0.255 e. The average molecular weight is 1110 g/mol. The molecular weight excluding hydrogens is 1030 g/mol.